The lowest BCUT2D eigenvalue weighted by Crippen LogP contribution is -2.29. The molecule has 0 fully saturated rings. The smallest absolute Gasteiger partial charge is 0.181 e. The zero-order valence-electron chi connectivity index (χ0n) is 10.6. The Labute approximate surface area is 116 Å². The average molecular weight is 279 g/mol. The Balaban J connectivity index is 1.95. The minimum absolute atomic E-state index is 0.0212. The maximum atomic E-state index is 6.15. The first-order chi connectivity index (χ1) is 9.17. The number of ether oxygens (including phenoxy) is 1. The molecule has 0 spiro atoms. The zero-order chi connectivity index (χ0) is 13.4. The third-order valence-corrected chi connectivity index (χ3v) is 3.58. The average Bonchev–Trinajstić information content (AvgIpc) is 2.83. The Bertz CT molecular complexity index is 581. The lowest BCUT2D eigenvalue weighted by molar-refractivity contribution is 0.415. The van der Waals surface area contributed by atoms with E-state index in [9.17, 15) is 0 Å². The Kier molecular flexibility index (Phi) is 3.16. The molecule has 1 aromatic carbocycles. The third kappa shape index (κ3) is 2.31. The van der Waals surface area contributed by atoms with Crippen molar-refractivity contribution in [1.82, 2.24) is 14.8 Å². The predicted octanol–water partition coefficient (Wildman–Crippen LogP) is 1.96. The number of hydrogen-bond donors (Lipinski definition) is 1. The molecule has 0 aliphatic carbocycles. The van der Waals surface area contributed by atoms with Crippen molar-refractivity contribution in [3.8, 4) is 17.1 Å². The van der Waals surface area contributed by atoms with Gasteiger partial charge in [-0.25, -0.2) is 9.67 Å². The minimum Gasteiger partial charge on any atom is -0.497 e. The van der Waals surface area contributed by atoms with Gasteiger partial charge in [0.15, 0.2) is 5.82 Å². The molecule has 0 bridgehead atoms. The molecule has 1 aromatic heterocycles. The SMILES string of the molecule is COc1ccc(-c2nc3n(n2)CC(Cl)CC3N)cc1. The first-order valence-electron chi connectivity index (χ1n) is 6.16. The van der Waals surface area contributed by atoms with Gasteiger partial charge in [-0.1, -0.05) is 0 Å². The summed E-state index contributed by atoms with van der Waals surface area (Å²) in [6.45, 7) is 0.660. The summed E-state index contributed by atoms with van der Waals surface area (Å²) in [4.78, 5) is 4.52. The van der Waals surface area contributed by atoms with E-state index in [0.29, 0.717) is 12.4 Å². The lowest BCUT2D eigenvalue weighted by atomic mass is 10.1. The Morgan fingerprint density at radius 1 is 1.37 bits per heavy atom. The van der Waals surface area contributed by atoms with Gasteiger partial charge in [0.2, 0.25) is 0 Å². The van der Waals surface area contributed by atoms with Crippen LogP contribution in [0.1, 0.15) is 18.3 Å². The van der Waals surface area contributed by atoms with Crippen LogP contribution in [-0.2, 0) is 6.54 Å². The van der Waals surface area contributed by atoms with Crippen LogP contribution in [0.3, 0.4) is 0 Å². The molecule has 1 aliphatic rings. The molecule has 5 nitrogen and oxygen atoms in total. The Hall–Kier alpha value is -1.59. The first-order valence-corrected chi connectivity index (χ1v) is 6.60. The number of aromatic nitrogens is 3. The van der Waals surface area contributed by atoms with Crippen molar-refractivity contribution in [1.29, 1.82) is 0 Å². The second kappa shape index (κ2) is 4.83. The monoisotopic (exact) mass is 278 g/mol. The van der Waals surface area contributed by atoms with Crippen molar-refractivity contribution in [3.63, 3.8) is 0 Å². The molecule has 3 rings (SSSR count). The van der Waals surface area contributed by atoms with Crippen molar-refractivity contribution in [2.45, 2.75) is 24.4 Å². The fourth-order valence-electron chi connectivity index (χ4n) is 2.27. The topological polar surface area (TPSA) is 66.0 Å². The van der Waals surface area contributed by atoms with Crippen LogP contribution in [-0.4, -0.2) is 27.3 Å². The molecule has 2 N–H and O–H groups in total. The van der Waals surface area contributed by atoms with Crippen molar-refractivity contribution < 1.29 is 4.74 Å². The first kappa shape index (κ1) is 12.4. The van der Waals surface area contributed by atoms with Gasteiger partial charge in [0.1, 0.15) is 11.6 Å². The second-order valence-electron chi connectivity index (χ2n) is 4.64. The van der Waals surface area contributed by atoms with Crippen LogP contribution in [0, 0.1) is 0 Å². The van der Waals surface area contributed by atoms with E-state index >= 15 is 0 Å². The maximum Gasteiger partial charge on any atom is 0.181 e. The highest BCUT2D eigenvalue weighted by atomic mass is 35.5. The summed E-state index contributed by atoms with van der Waals surface area (Å²) in [5.41, 5.74) is 6.99. The fourth-order valence-corrected chi connectivity index (χ4v) is 2.59. The fraction of sp³-hybridized carbons (Fsp3) is 0.385. The number of halogens is 1. The van der Waals surface area contributed by atoms with Crippen LogP contribution < -0.4 is 10.5 Å². The number of hydrogen-bond acceptors (Lipinski definition) is 4. The van der Waals surface area contributed by atoms with E-state index < -0.39 is 0 Å². The van der Waals surface area contributed by atoms with Crippen LogP contribution in [0.25, 0.3) is 11.4 Å². The molecule has 1 aliphatic heterocycles. The highest BCUT2D eigenvalue weighted by Crippen LogP contribution is 2.27. The normalized spacial score (nSPS) is 22.1. The standard InChI is InChI=1S/C13H15ClN4O/c1-19-10-4-2-8(3-5-10)12-16-13-11(15)6-9(14)7-18(13)17-12/h2-5,9,11H,6-7,15H2,1H3. The molecule has 2 heterocycles. The van der Waals surface area contributed by atoms with E-state index in [0.717, 1.165) is 23.6 Å². The highest BCUT2D eigenvalue weighted by Gasteiger charge is 2.26. The molecule has 6 heteroatoms. The number of nitrogens with two attached hydrogens (primary N) is 1. The van der Waals surface area contributed by atoms with Gasteiger partial charge in [-0.2, -0.15) is 5.10 Å². The summed E-state index contributed by atoms with van der Waals surface area (Å²) < 4.78 is 6.94. The van der Waals surface area contributed by atoms with Crippen LogP contribution >= 0.6 is 11.6 Å². The Morgan fingerprint density at radius 2 is 2.11 bits per heavy atom. The number of fused-ring (bicyclic) bond motifs is 1. The molecule has 0 saturated carbocycles. The van der Waals surface area contributed by atoms with Crippen molar-refractivity contribution in [3.05, 3.63) is 30.1 Å². The summed E-state index contributed by atoms with van der Waals surface area (Å²) in [6.07, 6.45) is 0.738. The van der Waals surface area contributed by atoms with Gasteiger partial charge < -0.3 is 10.5 Å². The van der Waals surface area contributed by atoms with Crippen molar-refractivity contribution >= 4 is 11.6 Å². The number of methoxy groups -OCH3 is 1. The van der Waals surface area contributed by atoms with Crippen molar-refractivity contribution in [2.75, 3.05) is 7.11 Å². The lowest BCUT2D eigenvalue weighted by Gasteiger charge is -2.22. The highest BCUT2D eigenvalue weighted by molar-refractivity contribution is 6.20. The molecular formula is C13H15ClN4O. The van der Waals surface area contributed by atoms with Crippen LogP contribution in [0.5, 0.6) is 5.75 Å². The van der Waals surface area contributed by atoms with Crippen molar-refractivity contribution in [2.24, 2.45) is 5.73 Å². The van der Waals surface area contributed by atoms with E-state index in [4.69, 9.17) is 22.1 Å². The van der Waals surface area contributed by atoms with E-state index in [1.807, 2.05) is 28.9 Å². The minimum atomic E-state index is -0.143. The molecule has 100 valence electrons. The molecule has 2 aromatic rings. The van der Waals surface area contributed by atoms with E-state index in [1.54, 1.807) is 7.11 Å². The summed E-state index contributed by atoms with van der Waals surface area (Å²) in [5.74, 6) is 2.30. The second-order valence-corrected chi connectivity index (χ2v) is 5.26. The van der Waals surface area contributed by atoms with Crippen LogP contribution in [0.2, 0.25) is 0 Å². The number of alkyl halides is 1. The van der Waals surface area contributed by atoms with Gasteiger partial charge in [-0.15, -0.1) is 11.6 Å². The van der Waals surface area contributed by atoms with Gasteiger partial charge >= 0.3 is 0 Å². The maximum absolute atomic E-state index is 6.15. The van der Waals surface area contributed by atoms with Gasteiger partial charge in [0, 0.05) is 5.56 Å². The Morgan fingerprint density at radius 3 is 2.79 bits per heavy atom. The van der Waals surface area contributed by atoms with E-state index in [-0.39, 0.29) is 11.4 Å². The number of rotatable bonds is 2. The van der Waals surface area contributed by atoms with Gasteiger partial charge in [-0.3, -0.25) is 0 Å². The predicted molar refractivity (Wildman–Crippen MR) is 73.2 cm³/mol. The molecule has 0 radical (unpaired) electrons. The summed E-state index contributed by atoms with van der Waals surface area (Å²) in [5, 5.41) is 4.50. The van der Waals surface area contributed by atoms with Gasteiger partial charge in [0.05, 0.1) is 25.1 Å². The summed E-state index contributed by atoms with van der Waals surface area (Å²) in [7, 11) is 1.64. The molecule has 0 amide bonds. The van der Waals surface area contributed by atoms with Gasteiger partial charge in [0.25, 0.3) is 0 Å². The molecule has 2 unspecified atom stereocenters. The molecular weight excluding hydrogens is 264 g/mol. The number of nitrogens with zero attached hydrogens (tertiary/aromatic N) is 3. The van der Waals surface area contributed by atoms with E-state index in [2.05, 4.69) is 10.1 Å². The summed E-state index contributed by atoms with van der Waals surface area (Å²) >= 11 is 6.15. The molecule has 2 atom stereocenters. The van der Waals surface area contributed by atoms with E-state index in [1.165, 1.54) is 0 Å². The molecule has 19 heavy (non-hydrogen) atoms. The quantitative estimate of drug-likeness (QED) is 0.853. The van der Waals surface area contributed by atoms with Gasteiger partial charge in [-0.05, 0) is 30.7 Å². The largest absolute Gasteiger partial charge is 0.497 e. The summed E-state index contributed by atoms with van der Waals surface area (Å²) in [6, 6.07) is 7.50. The van der Waals surface area contributed by atoms with Crippen LogP contribution in [0.4, 0.5) is 0 Å². The van der Waals surface area contributed by atoms with Crippen LogP contribution in [0.15, 0.2) is 24.3 Å². The molecule has 0 saturated heterocycles. The number of benzene rings is 1. The zero-order valence-corrected chi connectivity index (χ0v) is 11.3. The third-order valence-electron chi connectivity index (χ3n) is 3.26.